The number of aromatic amines is 1. The highest BCUT2D eigenvalue weighted by molar-refractivity contribution is 7.84. The van der Waals surface area contributed by atoms with Crippen molar-refractivity contribution in [3.8, 4) is 0 Å². The smallest absolute Gasteiger partial charge is 0.328 e. The Morgan fingerprint density at radius 3 is 2.79 bits per heavy atom. The molecule has 1 aromatic rings. The highest BCUT2D eigenvalue weighted by atomic mass is 32.2. The Kier molecular flexibility index (Phi) is 3.23. The Hall–Kier alpha value is -1.37. The minimum Gasteiger partial charge on any atom is -0.393 e. The third-order valence-electron chi connectivity index (χ3n) is 1.66. The molecule has 0 spiro atoms. The molecule has 0 saturated carbocycles. The average Bonchev–Trinajstić information content (AvgIpc) is 2.09. The summed E-state index contributed by atoms with van der Waals surface area (Å²) in [6, 6.07) is 0. The van der Waals surface area contributed by atoms with Gasteiger partial charge in [-0.05, 0) is 0 Å². The van der Waals surface area contributed by atoms with Gasteiger partial charge in [-0.2, -0.15) is 0 Å². The number of H-pyrrole nitrogens is 1. The van der Waals surface area contributed by atoms with E-state index in [1.807, 2.05) is 0 Å². The first-order chi connectivity index (χ1) is 6.50. The summed E-state index contributed by atoms with van der Waals surface area (Å²) in [5.41, 5.74) is 4.17. The lowest BCUT2D eigenvalue weighted by molar-refractivity contribution is 0.665. The molecule has 0 aliphatic heterocycles. The summed E-state index contributed by atoms with van der Waals surface area (Å²) in [7, 11) is -0.979. The molecule has 0 aromatic carbocycles. The Morgan fingerprint density at radius 1 is 1.57 bits per heavy atom. The van der Waals surface area contributed by atoms with Crippen LogP contribution >= 0.6 is 0 Å². The maximum Gasteiger partial charge on any atom is 0.328 e. The number of nitrogen functional groups attached to an aromatic ring is 1. The van der Waals surface area contributed by atoms with E-state index in [-0.39, 0.29) is 12.2 Å². The molecule has 1 atom stereocenters. The van der Waals surface area contributed by atoms with Crippen LogP contribution in [0.1, 0.15) is 0 Å². The Morgan fingerprint density at radius 2 is 2.21 bits per heavy atom. The number of anilines is 1. The molecule has 1 aromatic heterocycles. The molecule has 0 saturated heterocycles. The van der Waals surface area contributed by atoms with E-state index in [0.717, 1.165) is 0 Å². The molecule has 78 valence electrons. The third kappa shape index (κ3) is 2.56. The summed E-state index contributed by atoms with van der Waals surface area (Å²) in [5, 5.41) is 0. The molecule has 1 heterocycles. The van der Waals surface area contributed by atoms with Gasteiger partial charge in [0.25, 0.3) is 5.56 Å². The first-order valence-electron chi connectivity index (χ1n) is 3.90. The fourth-order valence-corrected chi connectivity index (χ4v) is 1.37. The van der Waals surface area contributed by atoms with E-state index in [4.69, 9.17) is 5.73 Å². The van der Waals surface area contributed by atoms with Crippen molar-refractivity contribution in [3.63, 3.8) is 0 Å². The quantitative estimate of drug-likeness (QED) is 0.643. The topological polar surface area (TPSA) is 97.9 Å². The number of nitrogens with zero attached hydrogens (tertiary/aromatic N) is 1. The van der Waals surface area contributed by atoms with Crippen LogP contribution in [0.2, 0.25) is 0 Å². The minimum atomic E-state index is -0.979. The van der Waals surface area contributed by atoms with Crippen molar-refractivity contribution in [1.29, 1.82) is 0 Å². The van der Waals surface area contributed by atoms with Crippen LogP contribution in [-0.4, -0.2) is 25.8 Å². The summed E-state index contributed by atoms with van der Waals surface area (Å²) in [6.07, 6.45) is 2.80. The van der Waals surface area contributed by atoms with Crippen LogP contribution in [0.25, 0.3) is 0 Å². The molecule has 7 heteroatoms. The number of nitrogens with one attached hydrogen (secondary N) is 1. The van der Waals surface area contributed by atoms with E-state index in [0.29, 0.717) is 5.75 Å². The van der Waals surface area contributed by atoms with E-state index >= 15 is 0 Å². The normalized spacial score (nSPS) is 12.6. The summed E-state index contributed by atoms with van der Waals surface area (Å²) >= 11 is 0. The maximum absolute atomic E-state index is 11.2. The van der Waals surface area contributed by atoms with E-state index in [1.165, 1.54) is 10.8 Å². The van der Waals surface area contributed by atoms with Crippen molar-refractivity contribution < 1.29 is 4.21 Å². The SMILES string of the molecule is CS(=O)CCn1cc(N)c(=O)[nH]c1=O. The van der Waals surface area contributed by atoms with Gasteiger partial charge in [0.15, 0.2) is 0 Å². The molecule has 0 bridgehead atoms. The molecule has 1 unspecified atom stereocenters. The molecule has 6 nitrogen and oxygen atoms in total. The Labute approximate surface area is 82.2 Å². The molecular formula is C7H11N3O3S. The van der Waals surface area contributed by atoms with Crippen LogP contribution in [0.15, 0.2) is 15.8 Å². The van der Waals surface area contributed by atoms with Gasteiger partial charge in [-0.1, -0.05) is 0 Å². The van der Waals surface area contributed by atoms with Crippen molar-refractivity contribution in [2.45, 2.75) is 6.54 Å². The number of hydrogen-bond acceptors (Lipinski definition) is 4. The molecule has 3 N–H and O–H groups in total. The zero-order valence-corrected chi connectivity index (χ0v) is 8.47. The maximum atomic E-state index is 11.2. The van der Waals surface area contributed by atoms with Gasteiger partial charge in [0.05, 0.1) is 0 Å². The lowest BCUT2D eigenvalue weighted by Gasteiger charge is -2.03. The van der Waals surface area contributed by atoms with Gasteiger partial charge in [0, 0.05) is 35.5 Å². The molecule has 0 amide bonds. The van der Waals surface area contributed by atoms with E-state index in [2.05, 4.69) is 4.98 Å². The number of aryl methyl sites for hydroxylation is 1. The number of aromatic nitrogens is 2. The summed E-state index contributed by atoms with van der Waals surface area (Å²) in [6.45, 7) is 0.281. The van der Waals surface area contributed by atoms with Gasteiger partial charge in [0.1, 0.15) is 5.69 Å². The van der Waals surface area contributed by atoms with Gasteiger partial charge in [-0.25, -0.2) is 4.79 Å². The van der Waals surface area contributed by atoms with Crippen molar-refractivity contribution in [3.05, 3.63) is 27.0 Å². The van der Waals surface area contributed by atoms with Gasteiger partial charge in [0.2, 0.25) is 0 Å². The molecule has 14 heavy (non-hydrogen) atoms. The lowest BCUT2D eigenvalue weighted by Crippen LogP contribution is -2.32. The van der Waals surface area contributed by atoms with Crippen LogP contribution in [0, 0.1) is 0 Å². The number of nitrogens with two attached hydrogens (primary N) is 1. The minimum absolute atomic E-state index is 0.0218. The van der Waals surface area contributed by atoms with Crippen LogP contribution in [0.5, 0.6) is 0 Å². The van der Waals surface area contributed by atoms with Gasteiger partial charge >= 0.3 is 5.69 Å². The Balaban J connectivity index is 2.99. The van der Waals surface area contributed by atoms with Crippen molar-refractivity contribution in [1.82, 2.24) is 9.55 Å². The first-order valence-corrected chi connectivity index (χ1v) is 5.62. The highest BCUT2D eigenvalue weighted by Crippen LogP contribution is 1.87. The predicted molar refractivity (Wildman–Crippen MR) is 54.7 cm³/mol. The van der Waals surface area contributed by atoms with Gasteiger partial charge in [-0.3, -0.25) is 18.6 Å². The van der Waals surface area contributed by atoms with Crippen LogP contribution < -0.4 is 17.0 Å². The van der Waals surface area contributed by atoms with Crippen LogP contribution in [0.4, 0.5) is 5.69 Å². The fourth-order valence-electron chi connectivity index (χ4n) is 0.919. The molecule has 0 aliphatic rings. The van der Waals surface area contributed by atoms with Gasteiger partial charge in [-0.15, -0.1) is 0 Å². The summed E-state index contributed by atoms with van der Waals surface area (Å²) < 4.78 is 12.0. The monoisotopic (exact) mass is 217 g/mol. The van der Waals surface area contributed by atoms with Crippen molar-refractivity contribution in [2.75, 3.05) is 17.7 Å². The summed E-state index contributed by atoms with van der Waals surface area (Å²) in [5.74, 6) is 0.353. The average molecular weight is 217 g/mol. The lowest BCUT2D eigenvalue weighted by atomic mass is 10.5. The predicted octanol–water partition coefficient (Wildman–Crippen LogP) is -1.50. The number of hydrogen-bond donors (Lipinski definition) is 2. The molecule has 1 rings (SSSR count). The standard InChI is InChI=1S/C7H11N3O3S/c1-14(13)3-2-10-4-5(8)6(11)9-7(10)12/h4H,2-3,8H2,1H3,(H,9,11,12). The number of rotatable bonds is 3. The van der Waals surface area contributed by atoms with Crippen molar-refractivity contribution >= 4 is 16.5 Å². The van der Waals surface area contributed by atoms with Crippen LogP contribution in [0.3, 0.4) is 0 Å². The van der Waals surface area contributed by atoms with E-state index < -0.39 is 22.0 Å². The van der Waals surface area contributed by atoms with Crippen molar-refractivity contribution in [2.24, 2.45) is 0 Å². The van der Waals surface area contributed by atoms with Gasteiger partial charge < -0.3 is 5.73 Å². The third-order valence-corrected chi connectivity index (χ3v) is 2.42. The second-order valence-electron chi connectivity index (χ2n) is 2.81. The second kappa shape index (κ2) is 4.23. The molecule has 0 fully saturated rings. The highest BCUT2D eigenvalue weighted by Gasteiger charge is 2.01. The van der Waals surface area contributed by atoms with E-state index in [9.17, 15) is 13.8 Å². The molecular weight excluding hydrogens is 206 g/mol. The molecule has 0 radical (unpaired) electrons. The zero-order valence-electron chi connectivity index (χ0n) is 7.65. The van der Waals surface area contributed by atoms with E-state index in [1.54, 1.807) is 6.26 Å². The summed E-state index contributed by atoms with van der Waals surface area (Å²) in [4.78, 5) is 24.1. The molecule has 0 aliphatic carbocycles. The fraction of sp³-hybridized carbons (Fsp3) is 0.429. The second-order valence-corrected chi connectivity index (χ2v) is 4.37. The first kappa shape index (κ1) is 10.7. The Bertz CT molecular complexity index is 462. The zero-order chi connectivity index (χ0) is 10.7. The van der Waals surface area contributed by atoms with Crippen LogP contribution in [-0.2, 0) is 17.3 Å². The largest absolute Gasteiger partial charge is 0.393 e.